The Hall–Kier alpha value is -3.23. The summed E-state index contributed by atoms with van der Waals surface area (Å²) in [6.07, 6.45) is -1.74. The number of thiophene rings is 1. The normalized spacial score (nSPS) is 14.8. The van der Waals surface area contributed by atoms with Crippen LogP contribution in [0.15, 0.2) is 60.0 Å². The van der Waals surface area contributed by atoms with Gasteiger partial charge in [0, 0.05) is 36.6 Å². The molecule has 1 unspecified atom stereocenters. The third-order valence-corrected chi connectivity index (χ3v) is 6.14. The molecule has 2 aromatic carbocycles. The standard InChI is InChI=1S/C23H23FN4O2S/c24-21(23(30)28-11-9-26-10-12-28)15-3-5-16(6-4-15)22(29)27-19-14-17(7-8-18(19)25)20-2-1-13-31-20/h1-8,13-14,21,26H,9-12,25H2,(H,27,29). The topological polar surface area (TPSA) is 87.5 Å². The second-order valence-corrected chi connectivity index (χ2v) is 8.24. The van der Waals surface area contributed by atoms with Crippen LogP contribution in [0, 0.1) is 0 Å². The van der Waals surface area contributed by atoms with Crippen molar-refractivity contribution < 1.29 is 14.0 Å². The van der Waals surface area contributed by atoms with Crippen molar-refractivity contribution in [3.8, 4) is 10.4 Å². The minimum Gasteiger partial charge on any atom is -0.397 e. The van der Waals surface area contributed by atoms with E-state index < -0.39 is 12.1 Å². The van der Waals surface area contributed by atoms with E-state index >= 15 is 0 Å². The maximum atomic E-state index is 14.7. The smallest absolute Gasteiger partial charge is 0.261 e. The number of anilines is 2. The van der Waals surface area contributed by atoms with E-state index in [1.165, 1.54) is 29.2 Å². The predicted octanol–water partition coefficient (Wildman–Crippen LogP) is 3.69. The number of carbonyl (C=O) groups is 2. The van der Waals surface area contributed by atoms with Gasteiger partial charge < -0.3 is 21.3 Å². The van der Waals surface area contributed by atoms with Gasteiger partial charge in [-0.2, -0.15) is 0 Å². The number of amides is 2. The molecule has 1 saturated heterocycles. The van der Waals surface area contributed by atoms with Crippen molar-refractivity contribution in [1.82, 2.24) is 10.2 Å². The number of nitrogens with two attached hydrogens (primary N) is 1. The number of nitrogen functional groups attached to an aromatic ring is 1. The van der Waals surface area contributed by atoms with Crippen molar-refractivity contribution in [2.75, 3.05) is 37.2 Å². The molecule has 1 aromatic heterocycles. The van der Waals surface area contributed by atoms with Gasteiger partial charge in [-0.05, 0) is 46.8 Å². The highest BCUT2D eigenvalue weighted by Crippen LogP contribution is 2.30. The van der Waals surface area contributed by atoms with Crippen molar-refractivity contribution >= 4 is 34.5 Å². The first-order chi connectivity index (χ1) is 15.0. The fraction of sp³-hybridized carbons (Fsp3) is 0.217. The molecule has 0 bridgehead atoms. The van der Waals surface area contributed by atoms with Gasteiger partial charge in [0.05, 0.1) is 11.4 Å². The molecular weight excluding hydrogens is 415 g/mol. The maximum absolute atomic E-state index is 14.7. The van der Waals surface area contributed by atoms with Crippen molar-refractivity contribution in [3.05, 3.63) is 71.1 Å². The summed E-state index contributed by atoms with van der Waals surface area (Å²) >= 11 is 1.60. The fourth-order valence-corrected chi connectivity index (χ4v) is 4.17. The molecular formula is C23H23FN4O2S. The number of rotatable bonds is 5. The predicted molar refractivity (Wildman–Crippen MR) is 122 cm³/mol. The summed E-state index contributed by atoms with van der Waals surface area (Å²) in [5, 5.41) is 7.93. The van der Waals surface area contributed by atoms with E-state index in [0.717, 1.165) is 10.4 Å². The molecule has 6 nitrogen and oxygen atoms in total. The van der Waals surface area contributed by atoms with Gasteiger partial charge in [-0.3, -0.25) is 9.59 Å². The molecule has 2 amide bonds. The number of hydrogen-bond donors (Lipinski definition) is 3. The summed E-state index contributed by atoms with van der Waals surface area (Å²) in [6, 6.07) is 15.4. The first-order valence-corrected chi connectivity index (χ1v) is 10.9. The van der Waals surface area contributed by atoms with Crippen LogP contribution in [0.25, 0.3) is 10.4 Å². The number of benzene rings is 2. The van der Waals surface area contributed by atoms with Crippen LogP contribution in [-0.4, -0.2) is 42.9 Å². The van der Waals surface area contributed by atoms with E-state index in [0.29, 0.717) is 43.1 Å². The molecule has 0 aliphatic carbocycles. The van der Waals surface area contributed by atoms with Gasteiger partial charge in [-0.15, -0.1) is 11.3 Å². The molecule has 4 N–H and O–H groups in total. The van der Waals surface area contributed by atoms with Crippen LogP contribution < -0.4 is 16.4 Å². The molecule has 160 valence electrons. The van der Waals surface area contributed by atoms with Crippen molar-refractivity contribution in [2.24, 2.45) is 0 Å². The average molecular weight is 439 g/mol. The molecule has 2 heterocycles. The lowest BCUT2D eigenvalue weighted by molar-refractivity contribution is -0.137. The van der Waals surface area contributed by atoms with Gasteiger partial charge in [0.1, 0.15) is 0 Å². The van der Waals surface area contributed by atoms with Crippen LogP contribution in [0.2, 0.25) is 0 Å². The number of nitrogens with zero attached hydrogens (tertiary/aromatic N) is 1. The third-order valence-electron chi connectivity index (χ3n) is 5.22. The van der Waals surface area contributed by atoms with Crippen molar-refractivity contribution in [3.63, 3.8) is 0 Å². The Morgan fingerprint density at radius 1 is 1.10 bits per heavy atom. The molecule has 4 rings (SSSR count). The first-order valence-electron chi connectivity index (χ1n) is 10.0. The maximum Gasteiger partial charge on any atom is 0.261 e. The lowest BCUT2D eigenvalue weighted by Gasteiger charge is -2.28. The van der Waals surface area contributed by atoms with Crippen molar-refractivity contribution in [1.29, 1.82) is 0 Å². The van der Waals surface area contributed by atoms with Gasteiger partial charge in [-0.25, -0.2) is 4.39 Å². The van der Waals surface area contributed by atoms with Gasteiger partial charge in [0.15, 0.2) is 0 Å². The Morgan fingerprint density at radius 2 is 1.84 bits per heavy atom. The van der Waals surface area contributed by atoms with Crippen LogP contribution in [0.3, 0.4) is 0 Å². The summed E-state index contributed by atoms with van der Waals surface area (Å²) in [6.45, 7) is 2.31. The Labute approximate surface area is 183 Å². The number of alkyl halides is 1. The Balaban J connectivity index is 1.45. The lowest BCUT2D eigenvalue weighted by Crippen LogP contribution is -2.47. The van der Waals surface area contributed by atoms with E-state index in [9.17, 15) is 14.0 Å². The highest BCUT2D eigenvalue weighted by atomic mass is 32.1. The van der Waals surface area contributed by atoms with E-state index in [1.807, 2.05) is 29.6 Å². The molecule has 1 fully saturated rings. The highest BCUT2D eigenvalue weighted by Gasteiger charge is 2.26. The second kappa shape index (κ2) is 9.28. The number of hydrogen-bond acceptors (Lipinski definition) is 5. The van der Waals surface area contributed by atoms with Gasteiger partial charge in [-0.1, -0.05) is 24.3 Å². The second-order valence-electron chi connectivity index (χ2n) is 7.29. The molecule has 1 aliphatic rings. The minimum absolute atomic E-state index is 0.235. The summed E-state index contributed by atoms with van der Waals surface area (Å²) in [7, 11) is 0. The number of piperazine rings is 1. The first kappa shape index (κ1) is 21.0. The largest absolute Gasteiger partial charge is 0.397 e. The van der Waals surface area contributed by atoms with Crippen LogP contribution in [-0.2, 0) is 4.79 Å². The molecule has 0 saturated carbocycles. The van der Waals surface area contributed by atoms with Crippen LogP contribution >= 0.6 is 11.3 Å². The SMILES string of the molecule is Nc1ccc(-c2cccs2)cc1NC(=O)c1ccc(C(F)C(=O)N2CCNCC2)cc1. The van der Waals surface area contributed by atoms with Gasteiger partial charge in [0.2, 0.25) is 6.17 Å². The highest BCUT2D eigenvalue weighted by molar-refractivity contribution is 7.13. The summed E-state index contributed by atoms with van der Waals surface area (Å²) in [4.78, 5) is 27.6. The van der Waals surface area contributed by atoms with E-state index in [-0.39, 0.29) is 11.5 Å². The van der Waals surface area contributed by atoms with Crippen LogP contribution in [0.4, 0.5) is 15.8 Å². The third kappa shape index (κ3) is 4.76. The van der Waals surface area contributed by atoms with Crippen LogP contribution in [0.5, 0.6) is 0 Å². The van der Waals surface area contributed by atoms with Gasteiger partial charge >= 0.3 is 0 Å². The van der Waals surface area contributed by atoms with E-state index in [1.54, 1.807) is 17.4 Å². The average Bonchev–Trinajstić information content (AvgIpc) is 3.35. The zero-order chi connectivity index (χ0) is 21.8. The molecule has 0 spiro atoms. The number of nitrogens with one attached hydrogen (secondary N) is 2. The zero-order valence-corrected chi connectivity index (χ0v) is 17.6. The Bertz CT molecular complexity index is 1060. The molecule has 1 aliphatic heterocycles. The number of halogens is 1. The fourth-order valence-electron chi connectivity index (χ4n) is 3.45. The van der Waals surface area contributed by atoms with E-state index in [2.05, 4.69) is 10.6 Å². The quantitative estimate of drug-likeness (QED) is 0.530. The summed E-state index contributed by atoms with van der Waals surface area (Å²) in [5.41, 5.74) is 8.54. The molecule has 3 aromatic rings. The molecule has 8 heteroatoms. The van der Waals surface area contributed by atoms with E-state index in [4.69, 9.17) is 5.73 Å². The summed E-state index contributed by atoms with van der Waals surface area (Å²) in [5.74, 6) is -0.901. The van der Waals surface area contributed by atoms with Gasteiger partial charge in [0.25, 0.3) is 11.8 Å². The Kier molecular flexibility index (Phi) is 6.29. The lowest BCUT2D eigenvalue weighted by atomic mass is 10.1. The Morgan fingerprint density at radius 3 is 2.52 bits per heavy atom. The summed E-state index contributed by atoms with van der Waals surface area (Å²) < 4.78 is 14.7. The monoisotopic (exact) mass is 438 g/mol. The van der Waals surface area contributed by atoms with Crippen LogP contribution in [0.1, 0.15) is 22.1 Å². The minimum atomic E-state index is -1.74. The molecule has 31 heavy (non-hydrogen) atoms. The molecule has 0 radical (unpaired) electrons. The van der Waals surface area contributed by atoms with Crippen molar-refractivity contribution in [2.45, 2.75) is 6.17 Å². The molecule has 1 atom stereocenters. The zero-order valence-electron chi connectivity index (χ0n) is 16.8. The number of carbonyl (C=O) groups excluding carboxylic acids is 2.